The van der Waals surface area contributed by atoms with Crippen LogP contribution in [0.4, 0.5) is 5.95 Å². The van der Waals surface area contributed by atoms with Crippen LogP contribution in [0, 0.1) is 13.8 Å². The highest BCUT2D eigenvalue weighted by Gasteiger charge is 2.12. The quantitative estimate of drug-likeness (QED) is 0.682. The fraction of sp³-hybridized carbons (Fsp3) is 0.154. The zero-order valence-corrected chi connectivity index (χ0v) is 10.2. The number of aromatic nitrogens is 4. The predicted octanol–water partition coefficient (Wildman–Crippen LogP) is 2.22. The van der Waals surface area contributed by atoms with Crippen molar-refractivity contribution < 1.29 is 0 Å². The van der Waals surface area contributed by atoms with Crippen LogP contribution in [-0.2, 0) is 0 Å². The maximum Gasteiger partial charge on any atom is 0.222 e. The standard InChI is InChI=1S/C13H13N5/c1-7-3-4-8(2)9(5-7)10-11-12(16-6-15-11)18-13(14)17-10/h3-6H,1-2H3,(H3,14,15,16,17,18). The molecule has 0 radical (unpaired) electrons. The first-order chi connectivity index (χ1) is 8.65. The summed E-state index contributed by atoms with van der Waals surface area (Å²) in [4.78, 5) is 15.6. The lowest BCUT2D eigenvalue weighted by Crippen LogP contribution is -1.99. The van der Waals surface area contributed by atoms with Gasteiger partial charge in [-0.2, -0.15) is 4.98 Å². The van der Waals surface area contributed by atoms with Crippen LogP contribution in [0.25, 0.3) is 22.4 Å². The fourth-order valence-corrected chi connectivity index (χ4v) is 2.04. The number of rotatable bonds is 1. The number of nitrogens with two attached hydrogens (primary N) is 1. The van der Waals surface area contributed by atoms with Crippen molar-refractivity contribution in [3.05, 3.63) is 35.7 Å². The van der Waals surface area contributed by atoms with Gasteiger partial charge in [-0.3, -0.25) is 0 Å². The molecule has 90 valence electrons. The van der Waals surface area contributed by atoms with E-state index < -0.39 is 0 Å². The number of nitrogens with one attached hydrogen (secondary N) is 1. The molecule has 2 heterocycles. The summed E-state index contributed by atoms with van der Waals surface area (Å²) in [6.07, 6.45) is 1.60. The predicted molar refractivity (Wildman–Crippen MR) is 71.0 cm³/mol. The number of aryl methyl sites for hydroxylation is 2. The first kappa shape index (κ1) is 10.7. The van der Waals surface area contributed by atoms with E-state index in [4.69, 9.17) is 5.73 Å². The Labute approximate surface area is 104 Å². The van der Waals surface area contributed by atoms with Crippen molar-refractivity contribution in [3.63, 3.8) is 0 Å². The van der Waals surface area contributed by atoms with Gasteiger partial charge in [0.25, 0.3) is 0 Å². The van der Waals surface area contributed by atoms with Crippen molar-refractivity contribution in [2.24, 2.45) is 0 Å². The average Bonchev–Trinajstić information content (AvgIpc) is 2.79. The van der Waals surface area contributed by atoms with Crippen LogP contribution in [0.15, 0.2) is 24.5 Å². The van der Waals surface area contributed by atoms with Crippen molar-refractivity contribution in [1.29, 1.82) is 0 Å². The number of hydrogen-bond donors (Lipinski definition) is 2. The monoisotopic (exact) mass is 239 g/mol. The molecule has 0 amide bonds. The smallest absolute Gasteiger partial charge is 0.222 e. The summed E-state index contributed by atoms with van der Waals surface area (Å²) in [6.45, 7) is 4.10. The highest BCUT2D eigenvalue weighted by Crippen LogP contribution is 2.28. The highest BCUT2D eigenvalue weighted by molar-refractivity contribution is 5.88. The molecule has 0 aliphatic rings. The van der Waals surface area contributed by atoms with E-state index in [1.807, 2.05) is 0 Å². The second-order valence-electron chi connectivity index (χ2n) is 4.35. The van der Waals surface area contributed by atoms with E-state index in [1.165, 1.54) is 5.56 Å². The number of nitrogen functional groups attached to an aromatic ring is 1. The van der Waals surface area contributed by atoms with Crippen molar-refractivity contribution in [1.82, 2.24) is 19.9 Å². The molecule has 0 fully saturated rings. The van der Waals surface area contributed by atoms with Gasteiger partial charge < -0.3 is 10.7 Å². The summed E-state index contributed by atoms with van der Waals surface area (Å²) in [5.41, 5.74) is 11.3. The number of fused-ring (bicyclic) bond motifs is 1. The van der Waals surface area contributed by atoms with Crippen molar-refractivity contribution in [2.75, 3.05) is 5.73 Å². The Morgan fingerprint density at radius 1 is 1.17 bits per heavy atom. The molecule has 0 unspecified atom stereocenters. The second kappa shape index (κ2) is 3.80. The summed E-state index contributed by atoms with van der Waals surface area (Å²) in [5, 5.41) is 0. The van der Waals surface area contributed by atoms with Crippen LogP contribution in [0.3, 0.4) is 0 Å². The Bertz CT molecular complexity index is 729. The van der Waals surface area contributed by atoms with Gasteiger partial charge in [-0.15, -0.1) is 0 Å². The Balaban J connectivity index is 2.37. The molecule has 0 aliphatic carbocycles. The fourth-order valence-electron chi connectivity index (χ4n) is 2.04. The number of anilines is 1. The SMILES string of the molecule is Cc1ccc(C)c(-c2nc(N)nc3nc[nH]c23)c1. The summed E-state index contributed by atoms with van der Waals surface area (Å²) in [6, 6.07) is 6.25. The highest BCUT2D eigenvalue weighted by atomic mass is 15.1. The van der Waals surface area contributed by atoms with Gasteiger partial charge in [0, 0.05) is 5.56 Å². The van der Waals surface area contributed by atoms with E-state index in [-0.39, 0.29) is 5.95 Å². The van der Waals surface area contributed by atoms with Crippen LogP contribution >= 0.6 is 0 Å². The molecule has 0 saturated heterocycles. The molecule has 3 rings (SSSR count). The van der Waals surface area contributed by atoms with Crippen molar-refractivity contribution in [3.8, 4) is 11.3 Å². The third kappa shape index (κ3) is 1.60. The zero-order chi connectivity index (χ0) is 12.7. The summed E-state index contributed by atoms with van der Waals surface area (Å²) < 4.78 is 0. The largest absolute Gasteiger partial charge is 0.368 e. The average molecular weight is 239 g/mol. The number of aromatic amines is 1. The molecule has 0 spiro atoms. The topological polar surface area (TPSA) is 80.5 Å². The van der Waals surface area contributed by atoms with Crippen molar-refractivity contribution in [2.45, 2.75) is 13.8 Å². The van der Waals surface area contributed by atoms with E-state index in [0.717, 1.165) is 22.3 Å². The van der Waals surface area contributed by atoms with Crippen LogP contribution < -0.4 is 5.73 Å². The lowest BCUT2D eigenvalue weighted by atomic mass is 10.0. The first-order valence-corrected chi connectivity index (χ1v) is 5.69. The molecule has 3 aromatic rings. The zero-order valence-electron chi connectivity index (χ0n) is 10.2. The van der Waals surface area contributed by atoms with Gasteiger partial charge in [0.05, 0.1) is 6.33 Å². The van der Waals surface area contributed by atoms with Gasteiger partial charge >= 0.3 is 0 Å². The minimum Gasteiger partial charge on any atom is -0.368 e. The number of imidazole rings is 1. The number of nitrogens with zero attached hydrogens (tertiary/aromatic N) is 3. The van der Waals surface area contributed by atoms with Gasteiger partial charge in [-0.05, 0) is 25.5 Å². The van der Waals surface area contributed by atoms with Crippen molar-refractivity contribution >= 4 is 17.1 Å². The molecule has 0 bridgehead atoms. The molecule has 3 N–H and O–H groups in total. The molecule has 2 aromatic heterocycles. The maximum atomic E-state index is 5.73. The lowest BCUT2D eigenvalue weighted by Gasteiger charge is -2.07. The van der Waals surface area contributed by atoms with E-state index in [9.17, 15) is 0 Å². The molecule has 0 atom stereocenters. The van der Waals surface area contributed by atoms with E-state index >= 15 is 0 Å². The molecular weight excluding hydrogens is 226 g/mol. The summed E-state index contributed by atoms with van der Waals surface area (Å²) in [5.74, 6) is 0.241. The minimum absolute atomic E-state index is 0.241. The maximum absolute atomic E-state index is 5.73. The van der Waals surface area contributed by atoms with Gasteiger partial charge in [0.1, 0.15) is 11.2 Å². The minimum atomic E-state index is 0.241. The van der Waals surface area contributed by atoms with Gasteiger partial charge in [-0.25, -0.2) is 9.97 Å². The molecule has 1 aromatic carbocycles. The molecular formula is C13H13N5. The normalized spacial score (nSPS) is 11.0. The summed E-state index contributed by atoms with van der Waals surface area (Å²) in [7, 11) is 0. The Hall–Kier alpha value is -2.43. The van der Waals surface area contributed by atoms with Crippen LogP contribution in [0.5, 0.6) is 0 Å². The number of H-pyrrole nitrogens is 1. The Morgan fingerprint density at radius 3 is 2.83 bits per heavy atom. The Morgan fingerprint density at radius 2 is 2.00 bits per heavy atom. The third-order valence-electron chi connectivity index (χ3n) is 2.95. The van der Waals surface area contributed by atoms with E-state index in [2.05, 4.69) is 52.0 Å². The number of benzene rings is 1. The third-order valence-corrected chi connectivity index (χ3v) is 2.95. The number of hydrogen-bond acceptors (Lipinski definition) is 4. The van der Waals surface area contributed by atoms with E-state index in [1.54, 1.807) is 6.33 Å². The second-order valence-corrected chi connectivity index (χ2v) is 4.35. The van der Waals surface area contributed by atoms with Crippen LogP contribution in [0.2, 0.25) is 0 Å². The molecule has 18 heavy (non-hydrogen) atoms. The molecule has 5 nitrogen and oxygen atoms in total. The summed E-state index contributed by atoms with van der Waals surface area (Å²) >= 11 is 0. The van der Waals surface area contributed by atoms with E-state index in [0.29, 0.717) is 5.65 Å². The molecule has 0 aliphatic heterocycles. The van der Waals surface area contributed by atoms with Gasteiger partial charge in [0.15, 0.2) is 5.65 Å². The molecule has 0 saturated carbocycles. The Kier molecular flexibility index (Phi) is 2.26. The van der Waals surface area contributed by atoms with Gasteiger partial charge in [0.2, 0.25) is 5.95 Å². The van der Waals surface area contributed by atoms with Gasteiger partial charge in [-0.1, -0.05) is 17.7 Å². The first-order valence-electron chi connectivity index (χ1n) is 5.69. The van der Waals surface area contributed by atoms with Crippen LogP contribution in [-0.4, -0.2) is 19.9 Å². The van der Waals surface area contributed by atoms with Crippen LogP contribution in [0.1, 0.15) is 11.1 Å². The molecule has 5 heteroatoms. The lowest BCUT2D eigenvalue weighted by molar-refractivity contribution is 1.21.